The van der Waals surface area contributed by atoms with E-state index in [4.69, 9.17) is 0 Å². The molecule has 1 aromatic rings. The lowest BCUT2D eigenvalue weighted by atomic mass is 10.0. The van der Waals surface area contributed by atoms with Crippen LogP contribution in [0.4, 0.5) is 18.9 Å². The van der Waals surface area contributed by atoms with Crippen LogP contribution in [0.5, 0.6) is 0 Å². The van der Waals surface area contributed by atoms with Gasteiger partial charge in [0.2, 0.25) is 5.91 Å². The van der Waals surface area contributed by atoms with Crippen molar-refractivity contribution in [2.45, 2.75) is 19.3 Å². The number of hydrogen-bond acceptors (Lipinski definition) is 1. The normalized spacial score (nSPS) is 28.9. The third kappa shape index (κ3) is 1.98. The van der Waals surface area contributed by atoms with E-state index >= 15 is 0 Å². The van der Waals surface area contributed by atoms with Gasteiger partial charge in [-0.3, -0.25) is 4.79 Å². The molecule has 2 saturated carbocycles. The highest BCUT2D eigenvalue weighted by Gasteiger charge is 2.47. The summed E-state index contributed by atoms with van der Waals surface area (Å²) in [5, 5.41) is 2.45. The minimum atomic E-state index is -1.52. The third-order valence-electron chi connectivity index (χ3n) is 3.87. The topological polar surface area (TPSA) is 29.1 Å². The van der Waals surface area contributed by atoms with Crippen molar-refractivity contribution < 1.29 is 18.0 Å². The number of benzene rings is 1. The molecule has 2 unspecified atom stereocenters. The molecule has 0 heterocycles. The highest BCUT2D eigenvalue weighted by Crippen LogP contribution is 2.54. The van der Waals surface area contributed by atoms with E-state index < -0.39 is 17.5 Å². The van der Waals surface area contributed by atoms with Crippen LogP contribution in [-0.4, -0.2) is 5.91 Å². The number of amides is 1. The van der Waals surface area contributed by atoms with Crippen molar-refractivity contribution in [3.63, 3.8) is 0 Å². The van der Waals surface area contributed by atoms with Gasteiger partial charge in [0, 0.05) is 23.7 Å². The van der Waals surface area contributed by atoms with Crippen molar-refractivity contribution >= 4 is 11.6 Å². The highest BCUT2D eigenvalue weighted by atomic mass is 19.2. The Hall–Kier alpha value is -1.52. The van der Waals surface area contributed by atoms with Crippen LogP contribution in [0.15, 0.2) is 12.1 Å². The van der Waals surface area contributed by atoms with Gasteiger partial charge in [-0.1, -0.05) is 0 Å². The van der Waals surface area contributed by atoms with Crippen molar-refractivity contribution in [2.75, 3.05) is 5.32 Å². The average Bonchev–Trinajstić information content (AvgIpc) is 2.93. The summed E-state index contributed by atoms with van der Waals surface area (Å²) in [5.74, 6) is -3.10. The number of hydrogen-bond donors (Lipinski definition) is 1. The number of carbonyl (C=O) groups is 1. The molecule has 96 valence electrons. The van der Waals surface area contributed by atoms with E-state index in [9.17, 15) is 18.0 Å². The molecule has 0 spiro atoms. The predicted octanol–water partition coefficient (Wildman–Crippen LogP) is 3.09. The third-order valence-corrected chi connectivity index (χ3v) is 3.87. The number of rotatable bonds is 2. The number of carbonyl (C=O) groups excluding carboxylic acids is 1. The van der Waals surface area contributed by atoms with E-state index in [2.05, 4.69) is 5.32 Å². The Kier molecular flexibility index (Phi) is 2.57. The van der Waals surface area contributed by atoms with Gasteiger partial charge in [-0.2, -0.15) is 0 Å². The Morgan fingerprint density at radius 3 is 2.17 bits per heavy atom. The van der Waals surface area contributed by atoms with E-state index in [-0.39, 0.29) is 17.5 Å². The van der Waals surface area contributed by atoms with Gasteiger partial charge in [-0.05, 0) is 31.1 Å². The summed E-state index contributed by atoms with van der Waals surface area (Å²) in [6.07, 6.45) is 2.90. The zero-order valence-electron chi connectivity index (χ0n) is 9.55. The van der Waals surface area contributed by atoms with Gasteiger partial charge in [0.05, 0.1) is 0 Å². The summed E-state index contributed by atoms with van der Waals surface area (Å²) >= 11 is 0. The molecule has 2 aliphatic rings. The van der Waals surface area contributed by atoms with Crippen molar-refractivity contribution in [3.8, 4) is 0 Å². The van der Waals surface area contributed by atoms with Gasteiger partial charge in [0.1, 0.15) is 0 Å². The molecule has 1 aromatic carbocycles. The van der Waals surface area contributed by atoms with E-state index in [0.717, 1.165) is 25.0 Å². The monoisotopic (exact) mass is 255 g/mol. The molecule has 3 rings (SSSR count). The Labute approximate surface area is 102 Å². The molecule has 0 bridgehead atoms. The minimum absolute atomic E-state index is 0.0306. The van der Waals surface area contributed by atoms with Crippen LogP contribution in [0.2, 0.25) is 0 Å². The fraction of sp³-hybridized carbons (Fsp3) is 0.462. The van der Waals surface area contributed by atoms with Gasteiger partial charge in [-0.25, -0.2) is 13.2 Å². The van der Waals surface area contributed by atoms with Crippen LogP contribution in [0, 0.1) is 35.2 Å². The summed E-state index contributed by atoms with van der Waals surface area (Å²) in [5.41, 5.74) is -0.0306. The van der Waals surface area contributed by atoms with Crippen LogP contribution in [-0.2, 0) is 4.79 Å². The smallest absolute Gasteiger partial charge is 0.227 e. The van der Waals surface area contributed by atoms with Crippen molar-refractivity contribution in [1.82, 2.24) is 0 Å². The Balaban J connectivity index is 1.70. The summed E-state index contributed by atoms with van der Waals surface area (Å²) < 4.78 is 38.7. The largest absolute Gasteiger partial charge is 0.326 e. The molecule has 0 saturated heterocycles. The van der Waals surface area contributed by atoms with Crippen LogP contribution in [0.3, 0.4) is 0 Å². The molecule has 0 radical (unpaired) electrons. The number of nitrogens with one attached hydrogen (secondary N) is 1. The maximum Gasteiger partial charge on any atom is 0.227 e. The molecule has 5 heteroatoms. The molecule has 18 heavy (non-hydrogen) atoms. The highest BCUT2D eigenvalue weighted by molar-refractivity contribution is 5.92. The fourth-order valence-electron chi connectivity index (χ4n) is 2.80. The second kappa shape index (κ2) is 4.00. The Bertz CT molecular complexity index is 484. The zero-order chi connectivity index (χ0) is 12.9. The SMILES string of the molecule is O=C(Nc1cc(F)c(F)c(F)c1)C1CC2CC2C1. The molecule has 2 fully saturated rings. The van der Waals surface area contributed by atoms with Gasteiger partial charge in [-0.15, -0.1) is 0 Å². The average molecular weight is 255 g/mol. The van der Waals surface area contributed by atoms with Crippen LogP contribution in [0.25, 0.3) is 0 Å². The summed E-state index contributed by atoms with van der Waals surface area (Å²) in [7, 11) is 0. The summed E-state index contributed by atoms with van der Waals surface area (Å²) in [6.45, 7) is 0. The molecule has 1 amide bonds. The van der Waals surface area contributed by atoms with Gasteiger partial charge in [0.15, 0.2) is 17.5 Å². The number of halogens is 3. The molecular weight excluding hydrogens is 243 g/mol. The molecule has 2 atom stereocenters. The molecule has 0 aliphatic heterocycles. The first kappa shape index (κ1) is 11.6. The number of fused-ring (bicyclic) bond motifs is 1. The Morgan fingerprint density at radius 1 is 1.06 bits per heavy atom. The van der Waals surface area contributed by atoms with Gasteiger partial charge < -0.3 is 5.32 Å². The van der Waals surface area contributed by atoms with Crippen LogP contribution in [0.1, 0.15) is 19.3 Å². The van der Waals surface area contributed by atoms with Crippen molar-refractivity contribution in [1.29, 1.82) is 0 Å². The van der Waals surface area contributed by atoms with Crippen molar-refractivity contribution in [2.24, 2.45) is 17.8 Å². The number of anilines is 1. The second-order valence-electron chi connectivity index (χ2n) is 5.17. The molecule has 0 aromatic heterocycles. The van der Waals surface area contributed by atoms with Crippen LogP contribution >= 0.6 is 0 Å². The maximum absolute atomic E-state index is 13.0. The quantitative estimate of drug-likeness (QED) is 0.808. The van der Waals surface area contributed by atoms with Gasteiger partial charge >= 0.3 is 0 Å². The predicted molar refractivity (Wildman–Crippen MR) is 59.3 cm³/mol. The van der Waals surface area contributed by atoms with E-state index in [1.807, 2.05) is 0 Å². The van der Waals surface area contributed by atoms with E-state index in [0.29, 0.717) is 11.8 Å². The first-order chi connectivity index (χ1) is 8.54. The summed E-state index contributed by atoms with van der Waals surface area (Å²) in [6, 6.07) is 1.60. The lowest BCUT2D eigenvalue weighted by molar-refractivity contribution is -0.120. The molecule has 2 nitrogen and oxygen atoms in total. The molecular formula is C13H12F3NO. The lowest BCUT2D eigenvalue weighted by Crippen LogP contribution is -2.21. The van der Waals surface area contributed by atoms with E-state index in [1.54, 1.807) is 0 Å². The lowest BCUT2D eigenvalue weighted by Gasteiger charge is -2.12. The first-order valence-electron chi connectivity index (χ1n) is 6.00. The van der Waals surface area contributed by atoms with Crippen molar-refractivity contribution in [3.05, 3.63) is 29.6 Å². The maximum atomic E-state index is 13.0. The Morgan fingerprint density at radius 2 is 1.61 bits per heavy atom. The summed E-state index contributed by atoms with van der Waals surface area (Å²) in [4.78, 5) is 11.8. The first-order valence-corrected chi connectivity index (χ1v) is 6.00. The zero-order valence-corrected chi connectivity index (χ0v) is 9.55. The molecule has 1 N–H and O–H groups in total. The minimum Gasteiger partial charge on any atom is -0.326 e. The second-order valence-corrected chi connectivity index (χ2v) is 5.17. The standard InChI is InChI=1S/C13H12F3NO/c14-10-4-9(5-11(15)12(10)16)17-13(18)8-2-6-1-7(6)3-8/h4-8H,1-3H2,(H,17,18). The van der Waals surface area contributed by atoms with E-state index in [1.165, 1.54) is 6.42 Å². The fourth-order valence-corrected chi connectivity index (χ4v) is 2.80. The molecule has 2 aliphatic carbocycles. The van der Waals surface area contributed by atoms with Crippen LogP contribution < -0.4 is 5.32 Å². The van der Waals surface area contributed by atoms with Gasteiger partial charge in [0.25, 0.3) is 0 Å².